The zero-order chi connectivity index (χ0) is 13.6. The first-order valence-electron chi connectivity index (χ1n) is 6.00. The molecule has 4 N–H and O–H groups in total. The number of carboxylic acids is 1. The number of carbonyl (C=O) groups excluding carboxylic acids is 1. The molecule has 0 aromatic rings. The van der Waals surface area contributed by atoms with Crippen molar-refractivity contribution in [3.8, 4) is 0 Å². The number of nitrogens with two attached hydrogens (primary N) is 1. The fourth-order valence-corrected chi connectivity index (χ4v) is 1.36. The number of nitrogens with one attached hydrogen (secondary N) is 1. The third-order valence-corrected chi connectivity index (χ3v) is 2.82. The highest BCUT2D eigenvalue weighted by Crippen LogP contribution is 2.08. The largest absolute Gasteiger partial charge is 0.481 e. The molecule has 0 saturated heterocycles. The van der Waals surface area contributed by atoms with Crippen LogP contribution in [0, 0.1) is 11.8 Å². The summed E-state index contributed by atoms with van der Waals surface area (Å²) in [4.78, 5) is 22.3. The SMILES string of the molecule is CC(C)C(N)CC(=O)NC(CC(=O)O)C(C)C. The Morgan fingerprint density at radius 2 is 1.65 bits per heavy atom. The maximum Gasteiger partial charge on any atom is 0.305 e. The van der Waals surface area contributed by atoms with Crippen LogP contribution in [0.1, 0.15) is 40.5 Å². The van der Waals surface area contributed by atoms with E-state index in [1.54, 1.807) is 0 Å². The molecule has 0 rings (SSSR count). The minimum absolute atomic E-state index is 0.0552. The van der Waals surface area contributed by atoms with E-state index in [-0.39, 0.29) is 42.7 Å². The van der Waals surface area contributed by atoms with Crippen LogP contribution < -0.4 is 11.1 Å². The Bertz CT molecular complexity index is 264. The van der Waals surface area contributed by atoms with Crippen LogP contribution in [-0.4, -0.2) is 29.1 Å². The van der Waals surface area contributed by atoms with E-state index in [0.717, 1.165) is 0 Å². The van der Waals surface area contributed by atoms with Crippen molar-refractivity contribution in [1.29, 1.82) is 0 Å². The van der Waals surface area contributed by atoms with Gasteiger partial charge in [-0.15, -0.1) is 0 Å². The van der Waals surface area contributed by atoms with Crippen molar-refractivity contribution >= 4 is 11.9 Å². The topological polar surface area (TPSA) is 92.4 Å². The fraction of sp³-hybridized carbons (Fsp3) is 0.833. The van der Waals surface area contributed by atoms with Gasteiger partial charge in [0.1, 0.15) is 0 Å². The maximum absolute atomic E-state index is 11.7. The lowest BCUT2D eigenvalue weighted by molar-refractivity contribution is -0.138. The number of carboxylic acid groups (broad SMARTS) is 1. The van der Waals surface area contributed by atoms with E-state index in [1.165, 1.54) is 0 Å². The van der Waals surface area contributed by atoms with E-state index in [4.69, 9.17) is 10.8 Å². The van der Waals surface area contributed by atoms with Crippen molar-refractivity contribution < 1.29 is 14.7 Å². The summed E-state index contributed by atoms with van der Waals surface area (Å²) in [6.07, 6.45) is 0.181. The predicted molar refractivity (Wildman–Crippen MR) is 66.5 cm³/mol. The van der Waals surface area contributed by atoms with E-state index in [9.17, 15) is 9.59 Å². The molecule has 0 bridgehead atoms. The van der Waals surface area contributed by atoms with Crippen LogP contribution in [0.15, 0.2) is 0 Å². The second kappa shape index (κ2) is 7.27. The van der Waals surface area contributed by atoms with Gasteiger partial charge in [-0.25, -0.2) is 0 Å². The third kappa shape index (κ3) is 6.94. The first-order valence-corrected chi connectivity index (χ1v) is 6.00. The van der Waals surface area contributed by atoms with Gasteiger partial charge in [0.15, 0.2) is 0 Å². The highest BCUT2D eigenvalue weighted by atomic mass is 16.4. The van der Waals surface area contributed by atoms with Crippen LogP contribution in [-0.2, 0) is 9.59 Å². The summed E-state index contributed by atoms with van der Waals surface area (Å²) in [6.45, 7) is 7.68. The molecule has 0 heterocycles. The maximum atomic E-state index is 11.7. The van der Waals surface area contributed by atoms with Crippen molar-refractivity contribution in [2.24, 2.45) is 17.6 Å². The van der Waals surface area contributed by atoms with Crippen molar-refractivity contribution in [2.75, 3.05) is 0 Å². The highest BCUT2D eigenvalue weighted by Gasteiger charge is 2.21. The Morgan fingerprint density at radius 1 is 1.12 bits per heavy atom. The van der Waals surface area contributed by atoms with Crippen LogP contribution in [0.4, 0.5) is 0 Å². The molecule has 17 heavy (non-hydrogen) atoms. The minimum Gasteiger partial charge on any atom is -0.481 e. The monoisotopic (exact) mass is 244 g/mol. The van der Waals surface area contributed by atoms with Gasteiger partial charge in [0, 0.05) is 18.5 Å². The molecule has 0 saturated carbocycles. The van der Waals surface area contributed by atoms with Crippen LogP contribution in [0.2, 0.25) is 0 Å². The second-order valence-corrected chi connectivity index (χ2v) is 5.13. The number of carbonyl (C=O) groups is 2. The molecule has 2 unspecified atom stereocenters. The van der Waals surface area contributed by atoms with E-state index in [2.05, 4.69) is 5.32 Å². The first kappa shape index (κ1) is 15.9. The Kier molecular flexibility index (Phi) is 6.80. The molecule has 100 valence electrons. The lowest BCUT2D eigenvalue weighted by Gasteiger charge is -2.22. The first-order chi connectivity index (χ1) is 7.73. The Balaban J connectivity index is 4.26. The average molecular weight is 244 g/mol. The van der Waals surface area contributed by atoms with E-state index < -0.39 is 5.97 Å². The van der Waals surface area contributed by atoms with E-state index >= 15 is 0 Å². The summed E-state index contributed by atoms with van der Waals surface area (Å²) in [6, 6.07) is -0.521. The van der Waals surface area contributed by atoms with Crippen molar-refractivity contribution in [1.82, 2.24) is 5.32 Å². The predicted octanol–water partition coefficient (Wildman–Crippen LogP) is 0.975. The lowest BCUT2D eigenvalue weighted by atomic mass is 9.98. The standard InChI is InChI=1S/C12H24N2O3/c1-7(2)9(13)5-11(15)14-10(8(3)4)6-12(16)17/h7-10H,5-6,13H2,1-4H3,(H,14,15)(H,16,17). The molecule has 0 fully saturated rings. The smallest absolute Gasteiger partial charge is 0.305 e. The van der Waals surface area contributed by atoms with Crippen molar-refractivity contribution in [2.45, 2.75) is 52.6 Å². The third-order valence-electron chi connectivity index (χ3n) is 2.82. The minimum atomic E-state index is -0.905. The summed E-state index contributed by atoms with van der Waals surface area (Å²) >= 11 is 0. The van der Waals surface area contributed by atoms with Gasteiger partial charge < -0.3 is 16.2 Å². The second-order valence-electron chi connectivity index (χ2n) is 5.13. The summed E-state index contributed by atoms with van der Waals surface area (Å²) in [7, 11) is 0. The van der Waals surface area contributed by atoms with E-state index in [0.29, 0.717) is 0 Å². The summed E-state index contributed by atoms with van der Waals surface area (Å²) in [5.41, 5.74) is 5.79. The zero-order valence-corrected chi connectivity index (χ0v) is 11.1. The number of hydrogen-bond donors (Lipinski definition) is 3. The Hall–Kier alpha value is -1.10. The van der Waals surface area contributed by atoms with Crippen LogP contribution in [0.5, 0.6) is 0 Å². The highest BCUT2D eigenvalue weighted by molar-refractivity contribution is 5.78. The quantitative estimate of drug-likeness (QED) is 0.622. The molecule has 0 aromatic carbocycles. The molecule has 5 heteroatoms. The molecule has 2 atom stereocenters. The van der Waals surface area contributed by atoms with Gasteiger partial charge in [0.2, 0.25) is 5.91 Å². The molecule has 1 amide bonds. The Morgan fingerprint density at radius 3 is 2.00 bits per heavy atom. The van der Waals surface area contributed by atoms with Gasteiger partial charge in [0.05, 0.1) is 6.42 Å². The van der Waals surface area contributed by atoms with Crippen molar-refractivity contribution in [3.05, 3.63) is 0 Å². The van der Waals surface area contributed by atoms with Gasteiger partial charge in [0.25, 0.3) is 0 Å². The van der Waals surface area contributed by atoms with Crippen LogP contribution >= 0.6 is 0 Å². The molecule has 0 radical (unpaired) electrons. The van der Waals surface area contributed by atoms with E-state index in [1.807, 2.05) is 27.7 Å². The van der Waals surface area contributed by atoms with Gasteiger partial charge in [-0.05, 0) is 11.8 Å². The van der Waals surface area contributed by atoms with Gasteiger partial charge in [-0.3, -0.25) is 9.59 Å². The molecular weight excluding hydrogens is 220 g/mol. The number of amides is 1. The van der Waals surface area contributed by atoms with Crippen LogP contribution in [0.3, 0.4) is 0 Å². The molecular formula is C12H24N2O3. The van der Waals surface area contributed by atoms with Crippen LogP contribution in [0.25, 0.3) is 0 Å². The Labute approximate surface area is 103 Å². The molecule has 5 nitrogen and oxygen atoms in total. The molecule has 0 aliphatic rings. The molecule has 0 aromatic heterocycles. The zero-order valence-electron chi connectivity index (χ0n) is 11.1. The number of aliphatic carboxylic acids is 1. The van der Waals surface area contributed by atoms with Crippen molar-refractivity contribution in [3.63, 3.8) is 0 Å². The molecule has 0 spiro atoms. The summed E-state index contributed by atoms with van der Waals surface area (Å²) in [5, 5.41) is 11.5. The lowest BCUT2D eigenvalue weighted by Crippen LogP contribution is -2.43. The van der Waals surface area contributed by atoms with Gasteiger partial charge in [-0.2, -0.15) is 0 Å². The fourth-order valence-electron chi connectivity index (χ4n) is 1.36. The normalized spacial score (nSPS) is 14.8. The summed E-state index contributed by atoms with van der Waals surface area (Å²) < 4.78 is 0. The van der Waals surface area contributed by atoms with Gasteiger partial charge >= 0.3 is 5.97 Å². The van der Waals surface area contributed by atoms with Gasteiger partial charge in [-0.1, -0.05) is 27.7 Å². The summed E-state index contributed by atoms with van der Waals surface area (Å²) in [5.74, 6) is -0.758. The molecule has 0 aliphatic carbocycles. The molecule has 0 aliphatic heterocycles. The number of hydrogen-bond acceptors (Lipinski definition) is 3. The number of rotatable bonds is 7. The average Bonchev–Trinajstić information content (AvgIpc) is 2.15.